The third kappa shape index (κ3) is 4.08. The van der Waals surface area contributed by atoms with Crippen LogP contribution in [0.5, 0.6) is 0 Å². The van der Waals surface area contributed by atoms with Crippen LogP contribution in [0.2, 0.25) is 0 Å². The van der Waals surface area contributed by atoms with Gasteiger partial charge in [0.05, 0.1) is 0 Å². The molecular formula is C16H24N2O2. The molecule has 0 heterocycles. The summed E-state index contributed by atoms with van der Waals surface area (Å²) < 4.78 is 0. The maximum atomic E-state index is 12.4. The lowest BCUT2D eigenvalue weighted by atomic mass is 9.90. The summed E-state index contributed by atoms with van der Waals surface area (Å²) in [6, 6.07) is 9.74. The Morgan fingerprint density at radius 1 is 1.20 bits per heavy atom. The van der Waals surface area contributed by atoms with Crippen LogP contribution in [0.15, 0.2) is 30.3 Å². The number of carbonyl (C=O) groups is 2. The standard InChI is InChI=1S/C16H24N2O2/c1-5-11-17-14(19)16(2,3)15(20)18(4)12-13-9-7-6-8-10-13/h6-10H,5,11-12H2,1-4H3,(H,17,19). The van der Waals surface area contributed by atoms with Crippen LogP contribution in [-0.4, -0.2) is 30.3 Å². The van der Waals surface area contributed by atoms with E-state index in [2.05, 4.69) is 5.32 Å². The lowest BCUT2D eigenvalue weighted by Crippen LogP contribution is -2.48. The molecule has 110 valence electrons. The molecule has 4 nitrogen and oxygen atoms in total. The van der Waals surface area contributed by atoms with E-state index in [9.17, 15) is 9.59 Å². The van der Waals surface area contributed by atoms with Crippen LogP contribution in [0.3, 0.4) is 0 Å². The number of benzene rings is 1. The molecule has 0 spiro atoms. The van der Waals surface area contributed by atoms with Gasteiger partial charge in [-0.05, 0) is 25.8 Å². The summed E-state index contributed by atoms with van der Waals surface area (Å²) >= 11 is 0. The first-order valence-corrected chi connectivity index (χ1v) is 6.97. The van der Waals surface area contributed by atoms with Crippen molar-refractivity contribution in [2.75, 3.05) is 13.6 Å². The second-order valence-corrected chi connectivity index (χ2v) is 5.53. The minimum absolute atomic E-state index is 0.171. The smallest absolute Gasteiger partial charge is 0.237 e. The predicted molar refractivity (Wildman–Crippen MR) is 80.0 cm³/mol. The summed E-state index contributed by atoms with van der Waals surface area (Å²) in [5.74, 6) is -0.390. The zero-order valence-electron chi connectivity index (χ0n) is 12.8. The van der Waals surface area contributed by atoms with Crippen molar-refractivity contribution < 1.29 is 9.59 Å². The largest absolute Gasteiger partial charge is 0.355 e. The quantitative estimate of drug-likeness (QED) is 0.810. The van der Waals surface area contributed by atoms with Crippen LogP contribution >= 0.6 is 0 Å². The van der Waals surface area contributed by atoms with Gasteiger partial charge >= 0.3 is 0 Å². The van der Waals surface area contributed by atoms with Crippen LogP contribution < -0.4 is 5.32 Å². The molecule has 4 heteroatoms. The fraction of sp³-hybridized carbons (Fsp3) is 0.500. The van der Waals surface area contributed by atoms with E-state index in [0.717, 1.165) is 12.0 Å². The maximum absolute atomic E-state index is 12.4. The summed E-state index contributed by atoms with van der Waals surface area (Å²) in [4.78, 5) is 26.1. The highest BCUT2D eigenvalue weighted by Crippen LogP contribution is 2.20. The van der Waals surface area contributed by atoms with E-state index in [1.165, 1.54) is 0 Å². The summed E-state index contributed by atoms with van der Waals surface area (Å²) in [6.45, 7) is 6.42. The summed E-state index contributed by atoms with van der Waals surface area (Å²) in [5, 5.41) is 2.79. The SMILES string of the molecule is CCCNC(=O)C(C)(C)C(=O)N(C)Cc1ccccc1. The number of nitrogens with zero attached hydrogens (tertiary/aromatic N) is 1. The molecule has 20 heavy (non-hydrogen) atoms. The van der Waals surface area contributed by atoms with E-state index in [0.29, 0.717) is 13.1 Å². The monoisotopic (exact) mass is 276 g/mol. The highest BCUT2D eigenvalue weighted by atomic mass is 16.2. The summed E-state index contributed by atoms with van der Waals surface area (Å²) in [7, 11) is 1.73. The van der Waals surface area contributed by atoms with E-state index >= 15 is 0 Å². The van der Waals surface area contributed by atoms with Crippen molar-refractivity contribution in [2.24, 2.45) is 5.41 Å². The zero-order chi connectivity index (χ0) is 15.2. The lowest BCUT2D eigenvalue weighted by Gasteiger charge is -2.28. The molecule has 2 amide bonds. The first-order valence-electron chi connectivity index (χ1n) is 6.97. The van der Waals surface area contributed by atoms with Gasteiger partial charge in [0, 0.05) is 20.1 Å². The number of rotatable bonds is 6. The highest BCUT2D eigenvalue weighted by Gasteiger charge is 2.37. The minimum Gasteiger partial charge on any atom is -0.355 e. The molecule has 0 saturated carbocycles. The molecule has 0 aliphatic rings. The Labute approximate surface area is 121 Å². The maximum Gasteiger partial charge on any atom is 0.237 e. The van der Waals surface area contributed by atoms with Gasteiger partial charge in [0.25, 0.3) is 0 Å². The Bertz CT molecular complexity index is 455. The summed E-state index contributed by atoms with van der Waals surface area (Å²) in [5.41, 5.74) is 0.00623. The molecular weight excluding hydrogens is 252 g/mol. The molecule has 0 aliphatic carbocycles. The fourth-order valence-electron chi connectivity index (χ4n) is 1.96. The highest BCUT2D eigenvalue weighted by molar-refractivity contribution is 6.04. The van der Waals surface area contributed by atoms with E-state index in [1.807, 2.05) is 37.3 Å². The number of amides is 2. The van der Waals surface area contributed by atoms with Crippen molar-refractivity contribution in [3.05, 3.63) is 35.9 Å². The second-order valence-electron chi connectivity index (χ2n) is 5.53. The van der Waals surface area contributed by atoms with E-state index in [-0.39, 0.29) is 11.8 Å². The lowest BCUT2D eigenvalue weighted by molar-refractivity contribution is -0.148. The second kappa shape index (κ2) is 7.08. The van der Waals surface area contributed by atoms with Gasteiger partial charge in [0.1, 0.15) is 5.41 Å². The van der Waals surface area contributed by atoms with Crippen LogP contribution in [0, 0.1) is 5.41 Å². The van der Waals surface area contributed by atoms with Crippen molar-refractivity contribution >= 4 is 11.8 Å². The van der Waals surface area contributed by atoms with Gasteiger partial charge in [0.2, 0.25) is 11.8 Å². The van der Waals surface area contributed by atoms with Crippen molar-refractivity contribution in [2.45, 2.75) is 33.7 Å². The third-order valence-electron chi connectivity index (χ3n) is 3.25. The van der Waals surface area contributed by atoms with E-state index in [4.69, 9.17) is 0 Å². The minimum atomic E-state index is -1.04. The van der Waals surface area contributed by atoms with Gasteiger partial charge in [0.15, 0.2) is 0 Å². The first-order chi connectivity index (χ1) is 9.39. The average molecular weight is 276 g/mol. The van der Waals surface area contributed by atoms with Gasteiger partial charge in [-0.25, -0.2) is 0 Å². The number of hydrogen-bond acceptors (Lipinski definition) is 2. The number of hydrogen-bond donors (Lipinski definition) is 1. The number of nitrogens with one attached hydrogen (secondary N) is 1. The van der Waals surface area contributed by atoms with E-state index < -0.39 is 5.41 Å². The van der Waals surface area contributed by atoms with E-state index in [1.54, 1.807) is 25.8 Å². The topological polar surface area (TPSA) is 49.4 Å². The molecule has 1 aromatic rings. The molecule has 0 bridgehead atoms. The Hall–Kier alpha value is -1.84. The predicted octanol–water partition coefficient (Wildman–Crippen LogP) is 2.20. The number of carbonyl (C=O) groups excluding carboxylic acids is 2. The molecule has 1 N–H and O–H groups in total. The molecule has 0 fully saturated rings. The first kappa shape index (κ1) is 16.2. The van der Waals surface area contributed by atoms with Crippen LogP contribution in [0.25, 0.3) is 0 Å². The molecule has 0 atom stereocenters. The average Bonchev–Trinajstić information content (AvgIpc) is 2.44. The zero-order valence-corrected chi connectivity index (χ0v) is 12.8. The van der Waals surface area contributed by atoms with Crippen molar-refractivity contribution in [3.63, 3.8) is 0 Å². The third-order valence-corrected chi connectivity index (χ3v) is 3.25. The van der Waals surface area contributed by atoms with Crippen LogP contribution in [0.1, 0.15) is 32.8 Å². The van der Waals surface area contributed by atoms with Gasteiger partial charge in [-0.1, -0.05) is 37.3 Å². The van der Waals surface area contributed by atoms with Crippen molar-refractivity contribution in [1.29, 1.82) is 0 Å². The van der Waals surface area contributed by atoms with Gasteiger partial charge in [-0.2, -0.15) is 0 Å². The van der Waals surface area contributed by atoms with Crippen molar-refractivity contribution in [1.82, 2.24) is 10.2 Å². The van der Waals surface area contributed by atoms with Gasteiger partial charge in [-0.15, -0.1) is 0 Å². The Morgan fingerprint density at radius 3 is 2.35 bits per heavy atom. The summed E-state index contributed by atoms with van der Waals surface area (Å²) in [6.07, 6.45) is 0.857. The van der Waals surface area contributed by atoms with Gasteiger partial charge in [-0.3, -0.25) is 9.59 Å². The molecule has 0 radical (unpaired) electrons. The van der Waals surface area contributed by atoms with Crippen LogP contribution in [-0.2, 0) is 16.1 Å². The Kier molecular flexibility index (Phi) is 5.74. The Morgan fingerprint density at radius 2 is 1.80 bits per heavy atom. The molecule has 0 unspecified atom stereocenters. The molecule has 0 saturated heterocycles. The van der Waals surface area contributed by atoms with Crippen molar-refractivity contribution in [3.8, 4) is 0 Å². The Balaban J connectivity index is 2.69. The normalized spacial score (nSPS) is 11.0. The molecule has 0 aliphatic heterocycles. The molecule has 0 aromatic heterocycles. The van der Waals surface area contributed by atoms with Gasteiger partial charge < -0.3 is 10.2 Å². The fourth-order valence-corrected chi connectivity index (χ4v) is 1.96. The molecule has 1 rings (SSSR count). The van der Waals surface area contributed by atoms with Crippen LogP contribution in [0.4, 0.5) is 0 Å². The molecule has 1 aromatic carbocycles.